The van der Waals surface area contributed by atoms with Crippen LogP contribution in [0.1, 0.15) is 96.0 Å². The summed E-state index contributed by atoms with van der Waals surface area (Å²) in [5.41, 5.74) is -1.12. The maximum absolute atomic E-state index is 14.2. The van der Waals surface area contributed by atoms with Crippen molar-refractivity contribution in [2.24, 2.45) is 10.8 Å². The molecule has 0 radical (unpaired) electrons. The Labute approximate surface area is 269 Å². The fraction of sp³-hybridized carbons (Fsp3) is 0.686. The summed E-state index contributed by atoms with van der Waals surface area (Å²) in [6.07, 6.45) is 5.91. The Morgan fingerprint density at radius 1 is 0.935 bits per heavy atom. The lowest BCUT2D eigenvalue weighted by molar-refractivity contribution is -0.164. The SMILES string of the molecule is CCOC(=O)C12CCC(NC(=O)C34CCC(N(CC(=O)N5C[C@@H](F)C[C@H]5C#N)C(=O)OCc5ccccc5)(CC3)CC4)(CC1)CC2. The molecular formula is C35H45FN4O6. The predicted octanol–water partition coefficient (Wildman–Crippen LogP) is 4.95. The van der Waals surface area contributed by atoms with Crippen molar-refractivity contribution in [3.8, 4) is 6.07 Å². The molecule has 1 aromatic carbocycles. The molecule has 7 fully saturated rings. The second kappa shape index (κ2) is 12.5. The molecule has 1 heterocycles. The van der Waals surface area contributed by atoms with Gasteiger partial charge in [-0.1, -0.05) is 30.3 Å². The third kappa shape index (κ3) is 5.84. The van der Waals surface area contributed by atoms with Gasteiger partial charge in [-0.25, -0.2) is 9.18 Å². The Hall–Kier alpha value is -3.68. The monoisotopic (exact) mass is 636 g/mol. The van der Waals surface area contributed by atoms with E-state index >= 15 is 0 Å². The van der Waals surface area contributed by atoms with E-state index in [0.29, 0.717) is 45.1 Å². The van der Waals surface area contributed by atoms with Crippen LogP contribution in [-0.2, 0) is 30.5 Å². The third-order valence-corrected chi connectivity index (χ3v) is 12.0. The van der Waals surface area contributed by atoms with Crippen LogP contribution in [0.2, 0.25) is 0 Å². The maximum atomic E-state index is 14.2. The number of alkyl halides is 1. The lowest BCUT2D eigenvalue weighted by Crippen LogP contribution is -2.65. The highest BCUT2D eigenvalue weighted by Gasteiger charge is 2.59. The Morgan fingerprint density at radius 3 is 2.13 bits per heavy atom. The molecule has 2 atom stereocenters. The molecule has 8 rings (SSSR count). The van der Waals surface area contributed by atoms with Crippen molar-refractivity contribution in [3.05, 3.63) is 35.9 Å². The number of nitrogens with one attached hydrogen (secondary N) is 1. The van der Waals surface area contributed by atoms with Crippen molar-refractivity contribution in [3.63, 3.8) is 0 Å². The number of benzene rings is 1. The molecule has 6 saturated carbocycles. The second-order valence-corrected chi connectivity index (χ2v) is 14.4. The number of fused-ring (bicyclic) bond motifs is 6. The standard InChI is InChI=1S/C35H45FN4O6/c1-2-45-30(43)33-8-14-34(15-9-33,16-10-33)38-29(42)32-11-17-35(18-12-32,19-13-32)40(31(44)46-24-25-6-4-3-5-7-25)23-28(41)39-22-26(36)20-27(39)21-37/h3-7,26-27H,2,8-20,22-24H2,1H3,(H,38,42)/t26-,27-,32?,33?,34?,35?/m0/s1. The van der Waals surface area contributed by atoms with Crippen molar-refractivity contribution in [1.29, 1.82) is 5.26 Å². The number of likely N-dealkylation sites (tertiary alicyclic amines) is 1. The van der Waals surface area contributed by atoms with E-state index in [2.05, 4.69) is 5.32 Å². The molecular weight excluding hydrogens is 591 g/mol. The van der Waals surface area contributed by atoms with E-state index in [0.717, 1.165) is 44.1 Å². The van der Waals surface area contributed by atoms with Crippen LogP contribution in [0.4, 0.5) is 9.18 Å². The van der Waals surface area contributed by atoms with Crippen LogP contribution in [0.15, 0.2) is 30.3 Å². The van der Waals surface area contributed by atoms with Crippen LogP contribution < -0.4 is 5.32 Å². The van der Waals surface area contributed by atoms with Crippen LogP contribution in [0.25, 0.3) is 0 Å². The third-order valence-electron chi connectivity index (χ3n) is 12.0. The molecule has 1 N–H and O–H groups in total. The van der Waals surface area contributed by atoms with Crippen molar-refractivity contribution in [1.82, 2.24) is 15.1 Å². The van der Waals surface area contributed by atoms with E-state index in [9.17, 15) is 28.8 Å². The molecule has 0 spiro atoms. The summed E-state index contributed by atoms with van der Waals surface area (Å²) >= 11 is 0. The zero-order valence-electron chi connectivity index (χ0n) is 26.7. The lowest BCUT2D eigenvalue weighted by Gasteiger charge is -2.58. The van der Waals surface area contributed by atoms with Crippen molar-refractivity contribution in [2.75, 3.05) is 19.7 Å². The number of nitriles is 1. The van der Waals surface area contributed by atoms with Gasteiger partial charge in [0.25, 0.3) is 0 Å². The number of halogens is 1. The number of carbonyl (C=O) groups is 4. The molecule has 3 amide bonds. The average Bonchev–Trinajstić information content (AvgIpc) is 3.48. The number of esters is 1. The highest BCUT2D eigenvalue weighted by atomic mass is 19.1. The van der Waals surface area contributed by atoms with E-state index in [1.54, 1.807) is 0 Å². The summed E-state index contributed by atoms with van der Waals surface area (Å²) < 4.78 is 25.3. The van der Waals surface area contributed by atoms with Gasteiger partial charge in [-0.2, -0.15) is 5.26 Å². The Balaban J connectivity index is 1.14. The number of carbonyl (C=O) groups excluding carboxylic acids is 4. The van der Waals surface area contributed by atoms with Gasteiger partial charge < -0.3 is 19.7 Å². The van der Waals surface area contributed by atoms with Gasteiger partial charge in [-0.05, 0) is 89.5 Å². The summed E-state index contributed by atoms with van der Waals surface area (Å²) in [5.74, 6) is -0.513. The number of nitrogens with zero attached hydrogens (tertiary/aromatic N) is 3. The number of hydrogen-bond donors (Lipinski definition) is 1. The highest BCUT2D eigenvalue weighted by Crippen LogP contribution is 2.57. The molecule has 6 aliphatic carbocycles. The fourth-order valence-corrected chi connectivity index (χ4v) is 8.88. The normalized spacial score (nSPS) is 34.4. The topological polar surface area (TPSA) is 129 Å². The molecule has 4 bridgehead atoms. The molecule has 0 unspecified atom stereocenters. The van der Waals surface area contributed by atoms with Gasteiger partial charge >= 0.3 is 12.1 Å². The van der Waals surface area contributed by atoms with Gasteiger partial charge in [-0.3, -0.25) is 19.3 Å². The van der Waals surface area contributed by atoms with Crippen LogP contribution >= 0.6 is 0 Å². The van der Waals surface area contributed by atoms with Gasteiger partial charge in [0, 0.05) is 22.9 Å². The van der Waals surface area contributed by atoms with E-state index in [-0.39, 0.29) is 43.5 Å². The minimum Gasteiger partial charge on any atom is -0.466 e. The van der Waals surface area contributed by atoms with Crippen molar-refractivity contribution in [2.45, 2.75) is 120 Å². The molecule has 248 valence electrons. The maximum Gasteiger partial charge on any atom is 0.411 e. The predicted molar refractivity (Wildman–Crippen MR) is 164 cm³/mol. The Bertz CT molecular complexity index is 1350. The number of hydrogen-bond acceptors (Lipinski definition) is 7. The van der Waals surface area contributed by atoms with E-state index in [1.807, 2.05) is 43.3 Å². The van der Waals surface area contributed by atoms with Gasteiger partial charge in [0.2, 0.25) is 11.8 Å². The molecule has 1 aromatic rings. The molecule has 11 heteroatoms. The molecule has 10 nitrogen and oxygen atoms in total. The lowest BCUT2D eigenvalue weighted by atomic mass is 9.55. The fourth-order valence-electron chi connectivity index (χ4n) is 8.88. The summed E-state index contributed by atoms with van der Waals surface area (Å²) in [6, 6.07) is 10.5. The smallest absolute Gasteiger partial charge is 0.411 e. The Kier molecular flexibility index (Phi) is 8.77. The van der Waals surface area contributed by atoms with Gasteiger partial charge in [0.15, 0.2) is 0 Å². The minimum atomic E-state index is -1.27. The summed E-state index contributed by atoms with van der Waals surface area (Å²) in [7, 11) is 0. The average molecular weight is 637 g/mol. The highest BCUT2D eigenvalue weighted by molar-refractivity contribution is 5.86. The molecule has 1 saturated heterocycles. The van der Waals surface area contributed by atoms with E-state index in [1.165, 1.54) is 9.80 Å². The van der Waals surface area contributed by atoms with E-state index in [4.69, 9.17) is 9.47 Å². The van der Waals surface area contributed by atoms with Crippen LogP contribution in [0.5, 0.6) is 0 Å². The first-order valence-electron chi connectivity index (χ1n) is 16.9. The van der Waals surface area contributed by atoms with Gasteiger partial charge in [-0.15, -0.1) is 0 Å². The minimum absolute atomic E-state index is 0.0330. The second-order valence-electron chi connectivity index (χ2n) is 14.4. The van der Waals surface area contributed by atoms with Crippen LogP contribution in [0, 0.1) is 22.2 Å². The molecule has 0 aromatic heterocycles. The number of ether oxygens (including phenoxy) is 2. The molecule has 7 aliphatic rings. The van der Waals surface area contributed by atoms with Gasteiger partial charge in [0.1, 0.15) is 25.4 Å². The number of rotatable bonds is 9. The first kappa shape index (κ1) is 32.3. The summed E-state index contributed by atoms with van der Waals surface area (Å²) in [5, 5.41) is 13.0. The Morgan fingerprint density at radius 2 is 1.54 bits per heavy atom. The van der Waals surface area contributed by atoms with Crippen LogP contribution in [0.3, 0.4) is 0 Å². The van der Waals surface area contributed by atoms with Crippen molar-refractivity contribution >= 4 is 23.9 Å². The number of amides is 3. The van der Waals surface area contributed by atoms with Crippen molar-refractivity contribution < 1.29 is 33.0 Å². The first-order chi connectivity index (χ1) is 22.1. The first-order valence-corrected chi connectivity index (χ1v) is 16.9. The zero-order valence-corrected chi connectivity index (χ0v) is 26.7. The molecule has 1 aliphatic heterocycles. The quantitative estimate of drug-likeness (QED) is 0.380. The largest absolute Gasteiger partial charge is 0.466 e. The van der Waals surface area contributed by atoms with Crippen LogP contribution in [-0.4, -0.2) is 76.7 Å². The zero-order chi connectivity index (χ0) is 32.6. The van der Waals surface area contributed by atoms with E-state index < -0.39 is 40.6 Å². The molecule has 46 heavy (non-hydrogen) atoms. The van der Waals surface area contributed by atoms with Gasteiger partial charge in [0.05, 0.1) is 24.6 Å². The summed E-state index contributed by atoms with van der Waals surface area (Å²) in [6.45, 7) is 1.78. The summed E-state index contributed by atoms with van der Waals surface area (Å²) in [4.78, 5) is 56.7.